The summed E-state index contributed by atoms with van der Waals surface area (Å²) in [4.78, 5) is 23.4. The number of rotatable bonds is 8. The number of hydrogen-bond donors (Lipinski definition) is 2. The van der Waals surface area contributed by atoms with Crippen molar-refractivity contribution in [1.29, 1.82) is 0 Å². The van der Waals surface area contributed by atoms with E-state index in [-0.39, 0.29) is 13.2 Å². The second-order valence-corrected chi connectivity index (χ2v) is 5.67. The molecule has 0 heterocycles. The van der Waals surface area contributed by atoms with Crippen molar-refractivity contribution in [3.05, 3.63) is 59.7 Å². The van der Waals surface area contributed by atoms with Crippen molar-refractivity contribution < 1.29 is 19.1 Å². The molecule has 6 nitrogen and oxygen atoms in total. The Labute approximate surface area is 153 Å². The van der Waals surface area contributed by atoms with Crippen LogP contribution in [0, 0.1) is 0 Å². The van der Waals surface area contributed by atoms with Gasteiger partial charge in [-0.2, -0.15) is 0 Å². The first-order chi connectivity index (χ1) is 12.6. The molecule has 0 atom stereocenters. The number of carbonyl (C=O) groups is 2. The minimum Gasteiger partial charge on any atom is -0.484 e. The normalized spacial score (nSPS) is 10.1. The fourth-order valence-electron chi connectivity index (χ4n) is 2.19. The van der Waals surface area contributed by atoms with Crippen LogP contribution in [-0.4, -0.2) is 25.0 Å². The molecule has 0 fully saturated rings. The number of aryl methyl sites for hydroxylation is 2. The van der Waals surface area contributed by atoms with Crippen molar-refractivity contribution in [3.63, 3.8) is 0 Å². The van der Waals surface area contributed by atoms with E-state index in [9.17, 15) is 9.59 Å². The third-order valence-corrected chi connectivity index (χ3v) is 3.72. The number of hydrogen-bond acceptors (Lipinski definition) is 4. The van der Waals surface area contributed by atoms with Gasteiger partial charge in [0.1, 0.15) is 11.5 Å². The molecular weight excluding hydrogens is 332 g/mol. The van der Waals surface area contributed by atoms with Gasteiger partial charge in [0.25, 0.3) is 11.8 Å². The highest BCUT2D eigenvalue weighted by atomic mass is 16.5. The minimum atomic E-state index is -0.453. The molecular formula is C20H24N2O4. The molecule has 138 valence electrons. The van der Waals surface area contributed by atoms with Crippen LogP contribution in [0.3, 0.4) is 0 Å². The van der Waals surface area contributed by atoms with Crippen molar-refractivity contribution >= 4 is 11.8 Å². The summed E-state index contributed by atoms with van der Waals surface area (Å²) in [6.07, 6.45) is 1.83. The van der Waals surface area contributed by atoms with E-state index in [1.165, 1.54) is 5.56 Å². The number of carbonyl (C=O) groups excluding carboxylic acids is 2. The van der Waals surface area contributed by atoms with E-state index in [1.807, 2.05) is 49.4 Å². The fraction of sp³-hybridized carbons (Fsp3) is 0.300. The lowest BCUT2D eigenvalue weighted by Crippen LogP contribution is -2.45. The zero-order chi connectivity index (χ0) is 18.8. The number of hydrazine groups is 1. The monoisotopic (exact) mass is 356 g/mol. The maximum atomic E-state index is 11.7. The molecule has 0 unspecified atom stereocenters. The molecule has 0 radical (unpaired) electrons. The molecule has 6 heteroatoms. The number of ether oxygens (including phenoxy) is 2. The highest BCUT2D eigenvalue weighted by Gasteiger charge is 2.07. The molecule has 2 amide bonds. The Hall–Kier alpha value is -3.02. The van der Waals surface area contributed by atoms with Crippen molar-refractivity contribution in [2.75, 3.05) is 13.2 Å². The second kappa shape index (κ2) is 10.1. The van der Waals surface area contributed by atoms with Gasteiger partial charge in [-0.05, 0) is 48.2 Å². The summed E-state index contributed by atoms with van der Waals surface area (Å²) in [7, 11) is 0. The Kier molecular flexibility index (Phi) is 7.49. The molecule has 0 aliphatic heterocycles. The van der Waals surface area contributed by atoms with Gasteiger partial charge in [0.15, 0.2) is 13.2 Å². The lowest BCUT2D eigenvalue weighted by atomic mass is 10.2. The molecule has 0 aliphatic rings. The Balaban J connectivity index is 1.66. The first kappa shape index (κ1) is 19.3. The molecule has 0 saturated carbocycles. The van der Waals surface area contributed by atoms with Crippen LogP contribution in [0.2, 0.25) is 0 Å². The summed E-state index contributed by atoms with van der Waals surface area (Å²) >= 11 is 0. The number of benzene rings is 2. The largest absolute Gasteiger partial charge is 0.484 e. The molecule has 0 saturated heterocycles. The Morgan fingerprint density at radius 3 is 1.92 bits per heavy atom. The zero-order valence-corrected chi connectivity index (χ0v) is 15.1. The smallest absolute Gasteiger partial charge is 0.276 e. The summed E-state index contributed by atoms with van der Waals surface area (Å²) in [6.45, 7) is 3.73. The Morgan fingerprint density at radius 1 is 0.769 bits per heavy atom. The molecule has 0 aliphatic carbocycles. The van der Waals surface area contributed by atoms with Crippen molar-refractivity contribution in [2.45, 2.75) is 26.7 Å². The van der Waals surface area contributed by atoms with Gasteiger partial charge in [-0.1, -0.05) is 38.1 Å². The van der Waals surface area contributed by atoms with Gasteiger partial charge >= 0.3 is 0 Å². The SMILES string of the molecule is CCc1ccc(OCC(=O)NNC(=O)COc2cccc(CC)c2)cc1. The Morgan fingerprint density at radius 2 is 1.35 bits per heavy atom. The van der Waals surface area contributed by atoms with E-state index in [4.69, 9.17) is 9.47 Å². The molecule has 0 spiro atoms. The fourth-order valence-corrected chi connectivity index (χ4v) is 2.19. The zero-order valence-electron chi connectivity index (χ0n) is 15.1. The third kappa shape index (κ3) is 6.47. The predicted octanol–water partition coefficient (Wildman–Crippen LogP) is 2.42. The van der Waals surface area contributed by atoms with Crippen LogP contribution in [0.25, 0.3) is 0 Å². The first-order valence-electron chi connectivity index (χ1n) is 8.62. The van der Waals surface area contributed by atoms with Gasteiger partial charge in [0, 0.05) is 0 Å². The van der Waals surface area contributed by atoms with Crippen LogP contribution in [0.15, 0.2) is 48.5 Å². The predicted molar refractivity (Wildman–Crippen MR) is 98.9 cm³/mol. The lowest BCUT2D eigenvalue weighted by Gasteiger charge is -2.10. The number of amides is 2. The van der Waals surface area contributed by atoms with Crippen LogP contribution in [-0.2, 0) is 22.4 Å². The van der Waals surface area contributed by atoms with Crippen LogP contribution >= 0.6 is 0 Å². The van der Waals surface area contributed by atoms with E-state index < -0.39 is 11.8 Å². The maximum Gasteiger partial charge on any atom is 0.276 e. The molecule has 0 aromatic heterocycles. The van der Waals surface area contributed by atoms with E-state index in [1.54, 1.807) is 6.07 Å². The van der Waals surface area contributed by atoms with Crippen LogP contribution in [0.1, 0.15) is 25.0 Å². The van der Waals surface area contributed by atoms with E-state index >= 15 is 0 Å². The van der Waals surface area contributed by atoms with Crippen molar-refractivity contribution in [1.82, 2.24) is 10.9 Å². The highest BCUT2D eigenvalue weighted by molar-refractivity contribution is 5.83. The summed E-state index contributed by atoms with van der Waals surface area (Å²) in [5, 5.41) is 0. The molecule has 2 N–H and O–H groups in total. The Bertz CT molecular complexity index is 729. The standard InChI is InChI=1S/C20H24N2O4/c1-3-15-8-10-17(11-9-15)25-13-19(23)21-22-20(24)14-26-18-7-5-6-16(4-2)12-18/h5-12H,3-4,13-14H2,1-2H3,(H,21,23)(H,22,24). The van der Waals surface area contributed by atoms with Crippen LogP contribution in [0.5, 0.6) is 11.5 Å². The average molecular weight is 356 g/mol. The average Bonchev–Trinajstić information content (AvgIpc) is 2.69. The quantitative estimate of drug-likeness (QED) is 0.712. The number of nitrogens with one attached hydrogen (secondary N) is 2. The van der Waals surface area contributed by atoms with Crippen molar-refractivity contribution in [3.8, 4) is 11.5 Å². The van der Waals surface area contributed by atoms with Gasteiger partial charge in [0.2, 0.25) is 0 Å². The summed E-state index contributed by atoms with van der Waals surface area (Å²) in [5.41, 5.74) is 6.90. The van der Waals surface area contributed by atoms with Crippen LogP contribution in [0.4, 0.5) is 0 Å². The van der Waals surface area contributed by atoms with Gasteiger partial charge in [0.05, 0.1) is 0 Å². The summed E-state index contributed by atoms with van der Waals surface area (Å²) in [5.74, 6) is 0.311. The summed E-state index contributed by atoms with van der Waals surface area (Å²) in [6, 6.07) is 15.0. The van der Waals surface area contributed by atoms with Gasteiger partial charge in [-0.15, -0.1) is 0 Å². The second-order valence-electron chi connectivity index (χ2n) is 5.67. The topological polar surface area (TPSA) is 76.7 Å². The van der Waals surface area contributed by atoms with E-state index in [0.29, 0.717) is 11.5 Å². The summed E-state index contributed by atoms with van der Waals surface area (Å²) < 4.78 is 10.8. The van der Waals surface area contributed by atoms with Gasteiger partial charge in [-0.3, -0.25) is 20.4 Å². The molecule has 2 rings (SSSR count). The minimum absolute atomic E-state index is 0.188. The van der Waals surface area contributed by atoms with Crippen molar-refractivity contribution in [2.24, 2.45) is 0 Å². The third-order valence-electron chi connectivity index (χ3n) is 3.72. The first-order valence-corrected chi connectivity index (χ1v) is 8.62. The van der Waals surface area contributed by atoms with Gasteiger partial charge < -0.3 is 9.47 Å². The molecule has 26 heavy (non-hydrogen) atoms. The maximum absolute atomic E-state index is 11.7. The van der Waals surface area contributed by atoms with Gasteiger partial charge in [-0.25, -0.2) is 0 Å². The lowest BCUT2D eigenvalue weighted by molar-refractivity contribution is -0.131. The molecule has 2 aromatic rings. The molecule has 0 bridgehead atoms. The molecule has 2 aromatic carbocycles. The highest BCUT2D eigenvalue weighted by Crippen LogP contribution is 2.13. The van der Waals surface area contributed by atoms with Crippen LogP contribution < -0.4 is 20.3 Å². The van der Waals surface area contributed by atoms with E-state index in [2.05, 4.69) is 17.8 Å². The van der Waals surface area contributed by atoms with E-state index in [0.717, 1.165) is 18.4 Å².